The Morgan fingerprint density at radius 3 is 2.56 bits per heavy atom. The van der Waals surface area contributed by atoms with Crippen LogP contribution >= 0.6 is 46.6 Å². The molecule has 4 aromatic rings. The van der Waals surface area contributed by atoms with Crippen LogP contribution in [-0.4, -0.2) is 49.0 Å². The normalized spacial score (nSPS) is 11.4. The van der Waals surface area contributed by atoms with Gasteiger partial charge in [-0.05, 0) is 55.1 Å². The van der Waals surface area contributed by atoms with Crippen LogP contribution in [0.1, 0.15) is 23.0 Å². The molecule has 0 atom stereocenters. The number of hydrogen-bond acceptors (Lipinski definition) is 11. The topological polar surface area (TPSA) is 112 Å². The number of thioether (sulfide) groups is 1. The Hall–Kier alpha value is -3.08. The van der Waals surface area contributed by atoms with Gasteiger partial charge in [0.25, 0.3) is 5.91 Å². The Labute approximate surface area is 237 Å². The zero-order valence-corrected chi connectivity index (χ0v) is 23.5. The second kappa shape index (κ2) is 12.8. The second-order valence-electron chi connectivity index (χ2n) is 7.48. The summed E-state index contributed by atoms with van der Waals surface area (Å²) in [5.41, 5.74) is -0.707. The van der Waals surface area contributed by atoms with Crippen molar-refractivity contribution in [2.45, 2.75) is 37.3 Å². The van der Waals surface area contributed by atoms with E-state index < -0.39 is 17.6 Å². The number of nitrogens with one attached hydrogen (secondary N) is 1. The van der Waals surface area contributed by atoms with Gasteiger partial charge in [-0.25, -0.2) is 9.97 Å². The van der Waals surface area contributed by atoms with Gasteiger partial charge in [0, 0.05) is 16.8 Å². The van der Waals surface area contributed by atoms with Crippen LogP contribution in [-0.2, 0) is 22.8 Å². The Morgan fingerprint density at radius 2 is 1.90 bits per heavy atom. The standard InChI is InChI=1S/C23H19F3N6O3S4/c1-3-35-17(33)11-36-18-10-27-21(39-18)30-20(34)19-15(37-14-6-4-13(5-7-14)23(24,25)26)8-9-16(29-19)38-22-31-28-12-32(22)2/h4-10,12H,3,11H2,1-2H3,(H,27,30,34). The van der Waals surface area contributed by atoms with Gasteiger partial charge in [-0.1, -0.05) is 23.1 Å². The van der Waals surface area contributed by atoms with Gasteiger partial charge in [-0.2, -0.15) is 13.2 Å². The van der Waals surface area contributed by atoms with Crippen molar-refractivity contribution in [3.63, 3.8) is 0 Å². The highest BCUT2D eigenvalue weighted by atomic mass is 32.2. The molecule has 0 aliphatic carbocycles. The Morgan fingerprint density at radius 1 is 1.13 bits per heavy atom. The first-order valence-corrected chi connectivity index (χ1v) is 14.5. The van der Waals surface area contributed by atoms with Gasteiger partial charge < -0.3 is 9.30 Å². The zero-order chi connectivity index (χ0) is 28.0. The van der Waals surface area contributed by atoms with Gasteiger partial charge >= 0.3 is 12.1 Å². The van der Waals surface area contributed by atoms with Crippen LogP contribution in [0, 0.1) is 0 Å². The average molecular weight is 613 g/mol. The van der Waals surface area contributed by atoms with Crippen LogP contribution in [0.2, 0.25) is 0 Å². The lowest BCUT2D eigenvalue weighted by atomic mass is 10.2. The number of rotatable bonds is 10. The molecular weight excluding hydrogens is 594 g/mol. The number of carbonyl (C=O) groups excluding carboxylic acids is 2. The number of pyridine rings is 1. The smallest absolute Gasteiger partial charge is 0.416 e. The van der Waals surface area contributed by atoms with Crippen LogP contribution in [0.25, 0.3) is 0 Å². The summed E-state index contributed by atoms with van der Waals surface area (Å²) in [5.74, 6) is -0.797. The first kappa shape index (κ1) is 28.9. The summed E-state index contributed by atoms with van der Waals surface area (Å²) in [6.07, 6.45) is -1.38. The molecule has 4 rings (SSSR count). The molecule has 3 aromatic heterocycles. The maximum Gasteiger partial charge on any atom is 0.416 e. The first-order valence-electron chi connectivity index (χ1n) is 11.1. The number of benzene rings is 1. The zero-order valence-electron chi connectivity index (χ0n) is 20.3. The SMILES string of the molecule is CCOC(=O)CSc1cnc(NC(=O)c2nc(Sc3nncn3C)ccc2Sc2ccc(C(F)(F)F)cc2)s1. The summed E-state index contributed by atoms with van der Waals surface area (Å²) >= 11 is 4.73. The third-order valence-corrected chi connectivity index (χ3v) is 8.79. The highest BCUT2D eigenvalue weighted by molar-refractivity contribution is 8.01. The Bertz CT molecular complexity index is 1460. The lowest BCUT2D eigenvalue weighted by Crippen LogP contribution is -2.15. The maximum absolute atomic E-state index is 13.3. The lowest BCUT2D eigenvalue weighted by molar-refractivity contribution is -0.140. The number of alkyl halides is 3. The molecule has 0 unspecified atom stereocenters. The van der Waals surface area contributed by atoms with E-state index in [4.69, 9.17) is 4.74 Å². The molecule has 1 aromatic carbocycles. The number of aryl methyl sites for hydroxylation is 1. The molecule has 0 bridgehead atoms. The number of halogens is 3. The van der Waals surface area contributed by atoms with Crippen LogP contribution in [0.4, 0.5) is 18.3 Å². The Balaban J connectivity index is 1.55. The Kier molecular flexibility index (Phi) is 9.53. The van der Waals surface area contributed by atoms with E-state index in [1.54, 1.807) is 30.7 Å². The molecule has 1 N–H and O–H groups in total. The van der Waals surface area contributed by atoms with E-state index in [0.29, 0.717) is 29.3 Å². The molecule has 3 heterocycles. The van der Waals surface area contributed by atoms with Gasteiger partial charge in [0.2, 0.25) is 0 Å². The molecule has 1 amide bonds. The predicted octanol–water partition coefficient (Wildman–Crippen LogP) is 5.90. The van der Waals surface area contributed by atoms with E-state index in [1.165, 1.54) is 59.5 Å². The molecule has 16 heteroatoms. The van der Waals surface area contributed by atoms with Crippen LogP contribution in [0.15, 0.2) is 73.1 Å². The van der Waals surface area contributed by atoms with Gasteiger partial charge in [0.1, 0.15) is 17.0 Å². The molecule has 0 aliphatic heterocycles. The van der Waals surface area contributed by atoms with Crippen LogP contribution < -0.4 is 5.32 Å². The number of hydrogen-bond donors (Lipinski definition) is 1. The highest BCUT2D eigenvalue weighted by Crippen LogP contribution is 2.36. The average Bonchev–Trinajstić information content (AvgIpc) is 3.52. The molecule has 0 fully saturated rings. The molecule has 204 valence electrons. The largest absolute Gasteiger partial charge is 0.465 e. The molecule has 0 radical (unpaired) electrons. The third kappa shape index (κ3) is 7.97. The number of anilines is 1. The summed E-state index contributed by atoms with van der Waals surface area (Å²) in [4.78, 5) is 34.5. The fourth-order valence-corrected chi connectivity index (χ4v) is 6.20. The summed E-state index contributed by atoms with van der Waals surface area (Å²) in [7, 11) is 1.77. The summed E-state index contributed by atoms with van der Waals surface area (Å²) < 4.78 is 46.2. The summed E-state index contributed by atoms with van der Waals surface area (Å²) in [5, 5.41) is 11.9. The van der Waals surface area contributed by atoms with Crippen molar-refractivity contribution >= 4 is 63.6 Å². The van der Waals surface area contributed by atoms with E-state index >= 15 is 0 Å². The fraction of sp³-hybridized carbons (Fsp3) is 0.217. The lowest BCUT2D eigenvalue weighted by Gasteiger charge is -2.11. The minimum Gasteiger partial charge on any atom is -0.465 e. The van der Waals surface area contributed by atoms with Gasteiger partial charge in [0.15, 0.2) is 10.3 Å². The molecule has 0 spiro atoms. The van der Waals surface area contributed by atoms with Crippen molar-refractivity contribution in [2.24, 2.45) is 7.05 Å². The number of thiazole rings is 1. The monoisotopic (exact) mass is 612 g/mol. The van der Waals surface area contributed by atoms with E-state index in [0.717, 1.165) is 23.9 Å². The molecular formula is C23H19F3N6O3S4. The van der Waals surface area contributed by atoms with E-state index in [-0.39, 0.29) is 24.0 Å². The number of carbonyl (C=O) groups is 2. The minimum atomic E-state index is -4.45. The summed E-state index contributed by atoms with van der Waals surface area (Å²) in [6, 6.07) is 8.01. The first-order chi connectivity index (χ1) is 18.6. The number of amides is 1. The van der Waals surface area contributed by atoms with Crippen molar-refractivity contribution in [1.82, 2.24) is 24.7 Å². The van der Waals surface area contributed by atoms with Crippen molar-refractivity contribution in [2.75, 3.05) is 17.7 Å². The summed E-state index contributed by atoms with van der Waals surface area (Å²) in [6.45, 7) is 2.01. The van der Waals surface area contributed by atoms with Gasteiger partial charge in [-0.15, -0.1) is 22.0 Å². The van der Waals surface area contributed by atoms with E-state index in [2.05, 4.69) is 25.5 Å². The minimum absolute atomic E-state index is 0.0583. The van der Waals surface area contributed by atoms with Crippen LogP contribution in [0.3, 0.4) is 0 Å². The molecule has 39 heavy (non-hydrogen) atoms. The molecule has 0 saturated carbocycles. The predicted molar refractivity (Wildman–Crippen MR) is 142 cm³/mol. The number of aromatic nitrogens is 5. The van der Waals surface area contributed by atoms with E-state index in [9.17, 15) is 22.8 Å². The second-order valence-corrected chi connectivity index (χ2v) is 11.9. The highest BCUT2D eigenvalue weighted by Gasteiger charge is 2.30. The number of esters is 1. The number of nitrogens with zero attached hydrogens (tertiary/aromatic N) is 5. The van der Waals surface area contributed by atoms with Crippen molar-refractivity contribution < 1.29 is 27.5 Å². The van der Waals surface area contributed by atoms with Crippen LogP contribution in [0.5, 0.6) is 0 Å². The van der Waals surface area contributed by atoms with E-state index in [1.807, 2.05) is 0 Å². The third-order valence-electron chi connectivity index (χ3n) is 4.67. The van der Waals surface area contributed by atoms with Gasteiger partial charge in [0.05, 0.1) is 28.3 Å². The van der Waals surface area contributed by atoms with Crippen molar-refractivity contribution in [3.05, 3.63) is 60.2 Å². The fourth-order valence-electron chi connectivity index (χ4n) is 2.90. The number of ether oxygens (including phenoxy) is 1. The molecule has 9 nitrogen and oxygen atoms in total. The quantitative estimate of drug-likeness (QED) is 0.172. The molecule has 0 aliphatic rings. The van der Waals surface area contributed by atoms with Gasteiger partial charge in [-0.3, -0.25) is 14.9 Å². The molecule has 0 saturated heterocycles. The van der Waals surface area contributed by atoms with Crippen molar-refractivity contribution in [3.8, 4) is 0 Å². The van der Waals surface area contributed by atoms with Crippen molar-refractivity contribution in [1.29, 1.82) is 0 Å². The maximum atomic E-state index is 13.3.